The van der Waals surface area contributed by atoms with Crippen molar-refractivity contribution in [2.75, 3.05) is 5.32 Å². The Balaban J connectivity index is 2.28. The van der Waals surface area contributed by atoms with E-state index in [4.69, 9.17) is 5.73 Å². The molecule has 1 atom stereocenters. The van der Waals surface area contributed by atoms with Crippen LogP contribution in [0.3, 0.4) is 0 Å². The van der Waals surface area contributed by atoms with E-state index < -0.39 is 0 Å². The fourth-order valence-corrected chi connectivity index (χ4v) is 3.47. The lowest BCUT2D eigenvalue weighted by Gasteiger charge is -2.18. The molecule has 2 rings (SSSR count). The lowest BCUT2D eigenvalue weighted by molar-refractivity contribution is 0.1000. The van der Waals surface area contributed by atoms with Gasteiger partial charge in [-0.2, -0.15) is 0 Å². The number of hydrogen-bond donors (Lipinski definition) is 2. The van der Waals surface area contributed by atoms with Crippen LogP contribution in [0.25, 0.3) is 0 Å². The smallest absolute Gasteiger partial charge is 0.249 e. The molecule has 0 aliphatic carbocycles. The average molecular weight is 288 g/mol. The van der Waals surface area contributed by atoms with Crippen molar-refractivity contribution < 1.29 is 4.79 Å². The van der Waals surface area contributed by atoms with Crippen LogP contribution in [0, 0.1) is 20.8 Å². The number of nitrogens with two attached hydrogens (primary N) is 1. The summed E-state index contributed by atoms with van der Waals surface area (Å²) in [5.41, 5.74) is 9.11. The van der Waals surface area contributed by atoms with E-state index in [-0.39, 0.29) is 11.9 Å². The minimum Gasteiger partial charge on any atom is -0.378 e. The van der Waals surface area contributed by atoms with Gasteiger partial charge in [-0.25, -0.2) is 0 Å². The van der Waals surface area contributed by atoms with Gasteiger partial charge in [-0.05, 0) is 57.0 Å². The molecule has 0 spiro atoms. The highest BCUT2D eigenvalue weighted by Crippen LogP contribution is 2.30. The maximum absolute atomic E-state index is 11.4. The number of carbonyl (C=O) groups is 1. The third-order valence-corrected chi connectivity index (χ3v) is 4.50. The number of thiophene rings is 1. The van der Waals surface area contributed by atoms with Crippen LogP contribution in [0.2, 0.25) is 0 Å². The zero-order chi connectivity index (χ0) is 14.9. The zero-order valence-corrected chi connectivity index (χ0v) is 13.1. The molecular weight excluding hydrogens is 268 g/mol. The minimum absolute atomic E-state index is 0.196. The van der Waals surface area contributed by atoms with Gasteiger partial charge in [0.25, 0.3) is 0 Å². The molecule has 1 unspecified atom stereocenters. The Bertz CT molecular complexity index is 646. The van der Waals surface area contributed by atoms with Crippen LogP contribution in [-0.4, -0.2) is 5.91 Å². The predicted octanol–water partition coefficient (Wildman–Crippen LogP) is 3.95. The normalized spacial score (nSPS) is 12.2. The first-order valence-corrected chi connectivity index (χ1v) is 7.44. The van der Waals surface area contributed by atoms with Crippen molar-refractivity contribution >= 4 is 22.9 Å². The number of primary amides is 1. The Morgan fingerprint density at radius 2 is 2.00 bits per heavy atom. The molecule has 1 amide bonds. The van der Waals surface area contributed by atoms with Crippen LogP contribution in [0.4, 0.5) is 5.69 Å². The molecular formula is C16H20N2OS. The van der Waals surface area contributed by atoms with Crippen molar-refractivity contribution in [3.05, 3.63) is 50.7 Å². The molecule has 0 aliphatic heterocycles. The summed E-state index contributed by atoms with van der Waals surface area (Å²) in [7, 11) is 0. The molecule has 1 aromatic carbocycles. The van der Waals surface area contributed by atoms with Crippen LogP contribution < -0.4 is 11.1 Å². The lowest BCUT2D eigenvalue weighted by Crippen LogP contribution is -2.15. The first-order valence-electron chi connectivity index (χ1n) is 6.63. The standard InChI is InChI=1S/C16H20N2OS/c1-9-8-14(12(4)20-9)11(3)18-15-7-5-6-13(10(15)2)16(17)19/h5-8,11,18H,1-4H3,(H2,17,19). The summed E-state index contributed by atoms with van der Waals surface area (Å²) in [6, 6.07) is 8.00. The van der Waals surface area contributed by atoms with Gasteiger partial charge in [-0.1, -0.05) is 6.07 Å². The first-order chi connectivity index (χ1) is 9.40. The topological polar surface area (TPSA) is 55.1 Å². The number of aryl methyl sites for hydroxylation is 2. The second kappa shape index (κ2) is 5.67. The molecule has 2 aromatic rings. The molecule has 0 bridgehead atoms. The highest BCUT2D eigenvalue weighted by molar-refractivity contribution is 7.12. The van der Waals surface area contributed by atoms with Crippen LogP contribution in [0.5, 0.6) is 0 Å². The third kappa shape index (κ3) is 2.85. The van der Waals surface area contributed by atoms with Gasteiger partial charge in [0.15, 0.2) is 0 Å². The number of carbonyl (C=O) groups excluding carboxylic acids is 1. The van der Waals surface area contributed by atoms with E-state index in [1.807, 2.05) is 19.1 Å². The molecule has 4 heteroatoms. The van der Waals surface area contributed by atoms with Gasteiger partial charge < -0.3 is 11.1 Å². The Labute approximate surface area is 123 Å². The van der Waals surface area contributed by atoms with Gasteiger partial charge in [0.2, 0.25) is 5.91 Å². The maximum Gasteiger partial charge on any atom is 0.249 e. The second-order valence-corrected chi connectivity index (χ2v) is 6.54. The molecule has 1 aromatic heterocycles. The highest BCUT2D eigenvalue weighted by atomic mass is 32.1. The summed E-state index contributed by atoms with van der Waals surface area (Å²) in [6.45, 7) is 8.30. The number of benzene rings is 1. The Kier molecular flexibility index (Phi) is 4.14. The molecule has 0 aliphatic rings. The lowest BCUT2D eigenvalue weighted by atomic mass is 10.0. The molecule has 1 heterocycles. The molecule has 0 saturated carbocycles. The van der Waals surface area contributed by atoms with Crippen molar-refractivity contribution in [3.8, 4) is 0 Å². The van der Waals surface area contributed by atoms with Gasteiger partial charge in [0.05, 0.1) is 0 Å². The Morgan fingerprint density at radius 1 is 1.30 bits per heavy atom. The molecule has 0 saturated heterocycles. The van der Waals surface area contributed by atoms with E-state index in [0.717, 1.165) is 11.3 Å². The largest absolute Gasteiger partial charge is 0.378 e. The molecule has 0 fully saturated rings. The van der Waals surface area contributed by atoms with E-state index in [0.29, 0.717) is 5.56 Å². The number of rotatable bonds is 4. The van der Waals surface area contributed by atoms with E-state index in [2.05, 4.69) is 32.2 Å². The van der Waals surface area contributed by atoms with Crippen LogP contribution in [-0.2, 0) is 0 Å². The van der Waals surface area contributed by atoms with E-state index in [1.54, 1.807) is 17.4 Å². The average Bonchev–Trinajstić information content (AvgIpc) is 2.70. The zero-order valence-electron chi connectivity index (χ0n) is 12.3. The van der Waals surface area contributed by atoms with Crippen molar-refractivity contribution in [2.24, 2.45) is 5.73 Å². The molecule has 3 nitrogen and oxygen atoms in total. The van der Waals surface area contributed by atoms with Crippen LogP contribution >= 0.6 is 11.3 Å². The summed E-state index contributed by atoms with van der Waals surface area (Å²) in [5, 5.41) is 3.47. The summed E-state index contributed by atoms with van der Waals surface area (Å²) < 4.78 is 0. The number of hydrogen-bond acceptors (Lipinski definition) is 3. The predicted molar refractivity (Wildman–Crippen MR) is 85.5 cm³/mol. The monoisotopic (exact) mass is 288 g/mol. The van der Waals surface area contributed by atoms with Crippen molar-refractivity contribution in [2.45, 2.75) is 33.7 Å². The molecule has 20 heavy (non-hydrogen) atoms. The fourth-order valence-electron chi connectivity index (χ4n) is 2.45. The summed E-state index contributed by atoms with van der Waals surface area (Å²) >= 11 is 1.81. The van der Waals surface area contributed by atoms with Gasteiger partial charge in [0.1, 0.15) is 0 Å². The van der Waals surface area contributed by atoms with E-state index in [9.17, 15) is 4.79 Å². The number of amides is 1. The summed E-state index contributed by atoms with van der Waals surface area (Å²) in [5.74, 6) is -0.388. The fraction of sp³-hybridized carbons (Fsp3) is 0.312. The highest BCUT2D eigenvalue weighted by Gasteiger charge is 2.14. The summed E-state index contributed by atoms with van der Waals surface area (Å²) in [6.07, 6.45) is 0. The minimum atomic E-state index is -0.388. The second-order valence-electron chi connectivity index (χ2n) is 5.08. The number of nitrogens with one attached hydrogen (secondary N) is 1. The van der Waals surface area contributed by atoms with E-state index in [1.165, 1.54) is 15.3 Å². The van der Waals surface area contributed by atoms with Gasteiger partial charge in [-0.15, -0.1) is 11.3 Å². The van der Waals surface area contributed by atoms with Crippen LogP contribution in [0.15, 0.2) is 24.3 Å². The Hall–Kier alpha value is -1.81. The summed E-state index contributed by atoms with van der Waals surface area (Å²) in [4.78, 5) is 14.0. The third-order valence-electron chi connectivity index (χ3n) is 3.52. The van der Waals surface area contributed by atoms with Gasteiger partial charge in [0, 0.05) is 27.0 Å². The van der Waals surface area contributed by atoms with E-state index >= 15 is 0 Å². The molecule has 3 N–H and O–H groups in total. The maximum atomic E-state index is 11.4. The van der Waals surface area contributed by atoms with Gasteiger partial charge >= 0.3 is 0 Å². The SMILES string of the molecule is Cc1cc(C(C)Nc2cccc(C(N)=O)c2C)c(C)s1. The van der Waals surface area contributed by atoms with Gasteiger partial charge in [-0.3, -0.25) is 4.79 Å². The quantitative estimate of drug-likeness (QED) is 0.895. The Morgan fingerprint density at radius 3 is 2.55 bits per heavy atom. The molecule has 0 radical (unpaired) electrons. The van der Waals surface area contributed by atoms with Crippen molar-refractivity contribution in [3.63, 3.8) is 0 Å². The van der Waals surface area contributed by atoms with Crippen molar-refractivity contribution in [1.82, 2.24) is 0 Å². The van der Waals surface area contributed by atoms with Crippen LogP contribution in [0.1, 0.15) is 44.2 Å². The molecule has 106 valence electrons. The number of anilines is 1. The first kappa shape index (κ1) is 14.6. The van der Waals surface area contributed by atoms with Crippen molar-refractivity contribution in [1.29, 1.82) is 0 Å².